The monoisotopic (exact) mass is 898 g/mol. The van der Waals surface area contributed by atoms with Gasteiger partial charge in [0.25, 0.3) is 0 Å². The highest BCUT2D eigenvalue weighted by Gasteiger charge is 2.26. The van der Waals surface area contributed by atoms with Crippen LogP contribution in [0.3, 0.4) is 0 Å². The molecule has 0 radical (unpaired) electrons. The van der Waals surface area contributed by atoms with Crippen LogP contribution in [0, 0.1) is 0 Å². The largest absolute Gasteiger partial charge is 0.308 e. The lowest BCUT2D eigenvalue weighted by Gasteiger charge is -2.25. The topological polar surface area (TPSA) is 16.3 Å². The quantitative estimate of drug-likeness (QED) is 0.127. The number of thiophene rings is 2. The summed E-state index contributed by atoms with van der Waals surface area (Å²) < 4.78 is 7.52. The van der Waals surface area contributed by atoms with E-state index in [0.717, 1.165) is 22.7 Å². The summed E-state index contributed by atoms with van der Waals surface area (Å²) in [5, 5.41) is 7.80. The zero-order valence-corrected chi connectivity index (χ0v) is 40.7. The zero-order chi connectivity index (χ0) is 43.7. The van der Waals surface area contributed by atoms with E-state index in [-0.39, 0.29) is 0 Å². The summed E-state index contributed by atoms with van der Waals surface area (Å²) in [6.07, 6.45) is 0. The maximum atomic E-state index is 2.48. The molecule has 7 aromatic carbocycles. The van der Waals surface area contributed by atoms with Crippen molar-refractivity contribution in [3.8, 4) is 11.4 Å². The molecule has 0 amide bonds. The van der Waals surface area contributed by atoms with E-state index in [4.69, 9.17) is 0 Å². The molecule has 0 saturated carbocycles. The minimum Gasteiger partial charge on any atom is -0.308 e. The highest BCUT2D eigenvalue weighted by atomic mass is 32.1. The predicted octanol–water partition coefficient (Wildman–Crippen LogP) is 16.0. The van der Waals surface area contributed by atoms with Crippen molar-refractivity contribution in [3.05, 3.63) is 194 Å². The van der Waals surface area contributed by atoms with Gasteiger partial charge in [-0.2, -0.15) is 0 Å². The molecular formula is C56H50N4S2Si2. The van der Waals surface area contributed by atoms with Crippen LogP contribution in [0.4, 0.5) is 32.8 Å². The van der Waals surface area contributed by atoms with Crippen molar-refractivity contribution in [2.75, 3.05) is 9.80 Å². The molecule has 314 valence electrons. The number of anilines is 6. The van der Waals surface area contributed by atoms with Gasteiger partial charge >= 0.3 is 0 Å². The lowest BCUT2D eigenvalue weighted by atomic mass is 10.2. The average Bonchev–Trinajstić information content (AvgIpc) is 4.06. The molecule has 0 unspecified atom stereocenters. The summed E-state index contributed by atoms with van der Waals surface area (Å²) in [7, 11) is -2.94. The number of benzene rings is 7. The van der Waals surface area contributed by atoms with Gasteiger partial charge in [0.2, 0.25) is 0 Å². The van der Waals surface area contributed by atoms with Gasteiger partial charge < -0.3 is 18.9 Å². The number of para-hydroxylation sites is 4. The fourth-order valence-electron chi connectivity index (χ4n) is 9.14. The van der Waals surface area contributed by atoms with E-state index in [2.05, 4.69) is 252 Å². The van der Waals surface area contributed by atoms with Crippen molar-refractivity contribution in [2.24, 2.45) is 0 Å². The van der Waals surface area contributed by atoms with Crippen LogP contribution in [-0.2, 0) is 0 Å². The first-order chi connectivity index (χ1) is 31.0. The van der Waals surface area contributed by atoms with Crippen molar-refractivity contribution in [3.63, 3.8) is 0 Å². The lowest BCUT2D eigenvalue weighted by Crippen LogP contribution is -2.37. The maximum absolute atomic E-state index is 2.48. The Bertz CT molecular complexity index is 3200. The van der Waals surface area contributed by atoms with Crippen molar-refractivity contribution >= 4 is 124 Å². The van der Waals surface area contributed by atoms with Crippen LogP contribution in [0.2, 0.25) is 39.3 Å². The van der Waals surface area contributed by atoms with Crippen molar-refractivity contribution in [2.45, 2.75) is 39.3 Å². The van der Waals surface area contributed by atoms with Crippen LogP contribution in [-0.4, -0.2) is 25.3 Å². The number of hydrogen-bond acceptors (Lipinski definition) is 4. The van der Waals surface area contributed by atoms with Crippen molar-refractivity contribution < 1.29 is 0 Å². The van der Waals surface area contributed by atoms with Gasteiger partial charge in [-0.25, -0.2) is 0 Å². The molecule has 0 fully saturated rings. The molecule has 4 aromatic heterocycles. The summed E-state index contributed by atoms with van der Waals surface area (Å²) >= 11 is 3.75. The van der Waals surface area contributed by atoms with E-state index in [1.54, 1.807) is 0 Å². The molecular weight excluding hydrogens is 849 g/mol. The Hall–Kier alpha value is -6.43. The first kappa shape index (κ1) is 40.4. The molecule has 0 aliphatic rings. The van der Waals surface area contributed by atoms with Gasteiger partial charge in [-0.3, -0.25) is 0 Å². The molecule has 0 atom stereocenters. The van der Waals surface area contributed by atoms with E-state index in [1.807, 2.05) is 22.7 Å². The second-order valence-electron chi connectivity index (χ2n) is 18.8. The SMILES string of the molecule is C[Si](C)(C)c1ccc(N(c2ccccc2)c2cc3c(s2)c2cc4c(cc2n3-c2ccccc2)c2sc(N(c3ccccc3)c3ccc([Si](C)(C)C)cc3)cc2n4-c2ccccc2)cc1. The Labute approximate surface area is 385 Å². The van der Waals surface area contributed by atoms with Gasteiger partial charge in [0, 0.05) is 44.9 Å². The number of fused-ring (bicyclic) bond motifs is 6. The Morgan fingerprint density at radius 3 is 0.984 bits per heavy atom. The molecule has 11 rings (SSSR count). The smallest absolute Gasteiger partial charge is 0.103 e. The molecule has 0 aliphatic heterocycles. The molecule has 0 bridgehead atoms. The van der Waals surface area contributed by atoms with Crippen LogP contribution in [0.5, 0.6) is 0 Å². The van der Waals surface area contributed by atoms with Gasteiger partial charge in [0.15, 0.2) is 0 Å². The van der Waals surface area contributed by atoms with Gasteiger partial charge in [-0.1, -0.05) is 147 Å². The Balaban J connectivity index is 1.16. The van der Waals surface area contributed by atoms with Crippen LogP contribution < -0.4 is 20.2 Å². The van der Waals surface area contributed by atoms with Gasteiger partial charge in [0.05, 0.1) is 47.6 Å². The van der Waals surface area contributed by atoms with Crippen LogP contribution in [0.1, 0.15) is 0 Å². The Morgan fingerprint density at radius 1 is 0.344 bits per heavy atom. The molecule has 11 aromatic rings. The summed E-state index contributed by atoms with van der Waals surface area (Å²) in [5.41, 5.74) is 11.8. The zero-order valence-electron chi connectivity index (χ0n) is 37.1. The first-order valence-electron chi connectivity index (χ1n) is 22.1. The summed E-state index contributed by atoms with van der Waals surface area (Å²) in [5.74, 6) is 0. The number of aromatic nitrogens is 2. The lowest BCUT2D eigenvalue weighted by molar-refractivity contribution is 1.17. The van der Waals surface area contributed by atoms with Gasteiger partial charge in [0.1, 0.15) is 10.0 Å². The Kier molecular flexibility index (Phi) is 9.88. The van der Waals surface area contributed by atoms with Gasteiger partial charge in [-0.05, 0) is 97.1 Å². The molecule has 0 spiro atoms. The molecule has 4 heterocycles. The van der Waals surface area contributed by atoms with Crippen LogP contribution in [0.15, 0.2) is 194 Å². The fraction of sp³-hybridized carbons (Fsp3) is 0.107. The van der Waals surface area contributed by atoms with Crippen LogP contribution in [0.25, 0.3) is 53.6 Å². The van der Waals surface area contributed by atoms with E-state index in [9.17, 15) is 0 Å². The van der Waals surface area contributed by atoms with E-state index >= 15 is 0 Å². The first-order valence-corrected chi connectivity index (χ1v) is 30.7. The minimum absolute atomic E-state index is 1.15. The highest BCUT2D eigenvalue weighted by molar-refractivity contribution is 7.24. The third-order valence-corrected chi connectivity index (χ3v) is 18.9. The van der Waals surface area contributed by atoms with Crippen molar-refractivity contribution in [1.82, 2.24) is 9.13 Å². The number of rotatable bonds is 10. The van der Waals surface area contributed by atoms with Crippen molar-refractivity contribution in [1.29, 1.82) is 0 Å². The molecule has 4 nitrogen and oxygen atoms in total. The van der Waals surface area contributed by atoms with E-state index in [0.29, 0.717) is 0 Å². The molecule has 64 heavy (non-hydrogen) atoms. The fourth-order valence-corrected chi connectivity index (χ4v) is 13.9. The average molecular weight is 899 g/mol. The molecule has 0 saturated heterocycles. The normalized spacial score (nSPS) is 12.2. The molecule has 8 heteroatoms. The highest BCUT2D eigenvalue weighted by Crippen LogP contribution is 2.50. The van der Waals surface area contributed by atoms with Gasteiger partial charge in [-0.15, -0.1) is 22.7 Å². The molecule has 0 N–H and O–H groups in total. The maximum Gasteiger partial charge on any atom is 0.103 e. The second-order valence-corrected chi connectivity index (χ2v) is 31.0. The minimum atomic E-state index is -1.47. The second kappa shape index (κ2) is 15.7. The standard InChI is InChI=1S/C56H50N4S2Si2/c1-63(2,3)45-31-27-43(28-32-45)57(39-19-11-7-12-20-39)53-37-51-55(61-53)47-35-50-48(36-49(47)59(51)41-23-15-9-16-24-41)56-52(60(50)42-25-17-10-18-26-42)38-54(62-56)58(40-21-13-8-14-22-40)44-29-33-46(34-30-44)64(4,5)6/h7-38H,1-6H3. The Morgan fingerprint density at radius 2 is 0.656 bits per heavy atom. The summed E-state index contributed by atoms with van der Waals surface area (Å²) in [6.45, 7) is 14.5. The summed E-state index contributed by atoms with van der Waals surface area (Å²) in [4.78, 5) is 4.86. The number of hydrogen-bond donors (Lipinski definition) is 0. The van der Waals surface area contributed by atoms with Crippen LogP contribution >= 0.6 is 22.7 Å². The summed E-state index contributed by atoms with van der Waals surface area (Å²) in [6, 6.07) is 71.8. The van der Waals surface area contributed by atoms with E-state index < -0.39 is 16.1 Å². The number of nitrogens with zero attached hydrogens (tertiary/aromatic N) is 4. The predicted molar refractivity (Wildman–Crippen MR) is 286 cm³/mol. The molecule has 0 aliphatic carbocycles. The third kappa shape index (κ3) is 7.02. The third-order valence-electron chi connectivity index (χ3n) is 12.4. The van der Waals surface area contributed by atoms with E-state index in [1.165, 1.54) is 74.0 Å².